The minimum Gasteiger partial charge on any atom is -0.352 e. The van der Waals surface area contributed by atoms with E-state index < -0.39 is 12.1 Å². The zero-order valence-corrected chi connectivity index (χ0v) is 11.1. The maximum atomic E-state index is 11.7. The minimum absolute atomic E-state index is 0.159. The zero-order chi connectivity index (χ0) is 14.5. The summed E-state index contributed by atoms with van der Waals surface area (Å²) in [5.41, 5.74) is 1.86. The van der Waals surface area contributed by atoms with Crippen LogP contribution in [0.4, 0.5) is 4.79 Å². The van der Waals surface area contributed by atoms with Gasteiger partial charge in [0.15, 0.2) is 0 Å². The van der Waals surface area contributed by atoms with E-state index in [1.54, 1.807) is 6.20 Å². The number of nitrogens with zero attached hydrogens (tertiary/aromatic N) is 1. The van der Waals surface area contributed by atoms with Crippen LogP contribution < -0.4 is 16.0 Å². The van der Waals surface area contributed by atoms with Crippen LogP contribution in [0.3, 0.4) is 0 Å². The van der Waals surface area contributed by atoms with Crippen LogP contribution in [-0.4, -0.2) is 28.9 Å². The number of nitrogens with one attached hydrogen (secondary N) is 3. The maximum absolute atomic E-state index is 11.7. The second-order valence-corrected chi connectivity index (χ2v) is 4.64. The molecule has 2 rings (SSSR count). The minimum atomic E-state index is -0.614. The molecule has 0 unspecified atom stereocenters. The summed E-state index contributed by atoms with van der Waals surface area (Å²) < 4.78 is 0. The molecule has 1 aromatic rings. The molecule has 1 saturated heterocycles. The summed E-state index contributed by atoms with van der Waals surface area (Å²) in [6.45, 7) is 2.30. The number of urea groups is 1. The van der Waals surface area contributed by atoms with Crippen LogP contribution in [0, 0.1) is 6.92 Å². The molecule has 106 valence electrons. The summed E-state index contributed by atoms with van der Waals surface area (Å²) in [6, 6.07) is 2.60. The van der Waals surface area contributed by atoms with Crippen molar-refractivity contribution in [1.82, 2.24) is 20.9 Å². The van der Waals surface area contributed by atoms with E-state index in [4.69, 9.17) is 0 Å². The van der Waals surface area contributed by atoms with Gasteiger partial charge in [0.2, 0.25) is 5.91 Å². The predicted octanol–water partition coefficient (Wildman–Crippen LogP) is -0.00558. The van der Waals surface area contributed by atoms with E-state index in [2.05, 4.69) is 20.9 Å². The number of aromatic nitrogens is 1. The number of hydrogen-bond donors (Lipinski definition) is 3. The fourth-order valence-electron chi connectivity index (χ4n) is 1.94. The molecule has 0 aromatic carbocycles. The number of carbonyl (C=O) groups is 3. The Labute approximate surface area is 116 Å². The van der Waals surface area contributed by atoms with Crippen LogP contribution >= 0.6 is 0 Å². The highest BCUT2D eigenvalue weighted by atomic mass is 16.2. The summed E-state index contributed by atoms with van der Waals surface area (Å²) in [7, 11) is 0. The summed E-state index contributed by atoms with van der Waals surface area (Å²) in [4.78, 5) is 37.9. The molecule has 1 aliphatic heterocycles. The number of imide groups is 1. The summed E-state index contributed by atoms with van der Waals surface area (Å²) in [5, 5.41) is 7.34. The molecular formula is C13H16N4O3. The summed E-state index contributed by atoms with van der Waals surface area (Å²) in [5.74, 6) is -0.541. The largest absolute Gasteiger partial charge is 0.352 e. The van der Waals surface area contributed by atoms with Crippen LogP contribution in [0.2, 0.25) is 0 Å². The smallest absolute Gasteiger partial charge is 0.322 e. The van der Waals surface area contributed by atoms with Gasteiger partial charge in [-0.15, -0.1) is 0 Å². The van der Waals surface area contributed by atoms with Gasteiger partial charge < -0.3 is 10.6 Å². The Morgan fingerprint density at radius 3 is 2.90 bits per heavy atom. The maximum Gasteiger partial charge on any atom is 0.322 e. The van der Waals surface area contributed by atoms with Crippen LogP contribution in [0.15, 0.2) is 18.3 Å². The third-order valence-electron chi connectivity index (χ3n) is 2.97. The third kappa shape index (κ3) is 3.78. The Morgan fingerprint density at radius 1 is 1.45 bits per heavy atom. The fourth-order valence-corrected chi connectivity index (χ4v) is 1.94. The molecule has 3 N–H and O–H groups in total. The quantitative estimate of drug-likeness (QED) is 0.659. The molecule has 2 heterocycles. The molecule has 7 nitrogen and oxygen atoms in total. The van der Waals surface area contributed by atoms with Gasteiger partial charge in [-0.25, -0.2) is 4.79 Å². The van der Waals surface area contributed by atoms with Crippen molar-refractivity contribution in [3.8, 4) is 0 Å². The summed E-state index contributed by atoms with van der Waals surface area (Å²) in [6.07, 6.45) is 2.16. The van der Waals surface area contributed by atoms with Crippen molar-refractivity contribution in [2.45, 2.75) is 32.4 Å². The molecule has 4 amide bonds. The van der Waals surface area contributed by atoms with E-state index >= 15 is 0 Å². The highest BCUT2D eigenvalue weighted by Crippen LogP contribution is 2.04. The van der Waals surface area contributed by atoms with Crippen LogP contribution in [0.25, 0.3) is 0 Å². The number of rotatable bonds is 5. The highest BCUT2D eigenvalue weighted by molar-refractivity contribution is 6.04. The Kier molecular flexibility index (Phi) is 4.29. The number of amides is 4. The fraction of sp³-hybridized carbons (Fsp3) is 0.385. The first-order chi connectivity index (χ1) is 9.54. The van der Waals surface area contributed by atoms with Gasteiger partial charge in [0.25, 0.3) is 5.91 Å². The van der Waals surface area contributed by atoms with Crippen LogP contribution in [0.1, 0.15) is 24.1 Å². The van der Waals surface area contributed by atoms with Crippen molar-refractivity contribution in [2.24, 2.45) is 0 Å². The lowest BCUT2D eigenvalue weighted by molar-refractivity contribution is -0.122. The molecule has 7 heteroatoms. The van der Waals surface area contributed by atoms with Crippen LogP contribution in [0.5, 0.6) is 0 Å². The molecular weight excluding hydrogens is 260 g/mol. The standard InChI is InChI=1S/C13H16N4O3/c1-8-6-9(4-5-14-8)7-15-11(18)3-2-10-12(19)17-13(20)16-10/h4-6,10H,2-3,7H2,1H3,(H,15,18)(H2,16,17,19,20)/t10-/m0/s1. The monoisotopic (exact) mass is 276 g/mol. The lowest BCUT2D eigenvalue weighted by atomic mass is 10.1. The first kappa shape index (κ1) is 14.0. The molecule has 0 aliphatic carbocycles. The number of hydrogen-bond acceptors (Lipinski definition) is 4. The van der Waals surface area contributed by atoms with E-state index in [1.807, 2.05) is 19.1 Å². The molecule has 1 aliphatic rings. The van der Waals surface area contributed by atoms with Gasteiger partial charge in [-0.3, -0.25) is 19.9 Å². The van der Waals surface area contributed by atoms with Gasteiger partial charge >= 0.3 is 6.03 Å². The topological polar surface area (TPSA) is 100 Å². The number of carbonyl (C=O) groups excluding carboxylic acids is 3. The SMILES string of the molecule is Cc1cc(CNC(=O)CC[C@@H]2NC(=O)NC2=O)ccn1. The molecule has 1 atom stereocenters. The Morgan fingerprint density at radius 2 is 2.25 bits per heavy atom. The lowest BCUT2D eigenvalue weighted by Gasteiger charge is -2.08. The van der Waals surface area contributed by atoms with Gasteiger partial charge in [0.05, 0.1) is 0 Å². The first-order valence-corrected chi connectivity index (χ1v) is 6.34. The van der Waals surface area contributed by atoms with Crippen molar-refractivity contribution < 1.29 is 14.4 Å². The highest BCUT2D eigenvalue weighted by Gasteiger charge is 2.29. The van der Waals surface area contributed by atoms with Gasteiger partial charge in [0.1, 0.15) is 6.04 Å². The lowest BCUT2D eigenvalue weighted by Crippen LogP contribution is -2.31. The van der Waals surface area contributed by atoms with Gasteiger partial charge in [-0.1, -0.05) is 0 Å². The van der Waals surface area contributed by atoms with E-state index in [1.165, 1.54) is 0 Å². The average molecular weight is 276 g/mol. The van der Waals surface area contributed by atoms with Crippen molar-refractivity contribution in [1.29, 1.82) is 0 Å². The average Bonchev–Trinajstić information content (AvgIpc) is 2.72. The van der Waals surface area contributed by atoms with Crippen molar-refractivity contribution in [3.05, 3.63) is 29.6 Å². The molecule has 1 fully saturated rings. The molecule has 0 radical (unpaired) electrons. The third-order valence-corrected chi connectivity index (χ3v) is 2.97. The predicted molar refractivity (Wildman–Crippen MR) is 70.5 cm³/mol. The summed E-state index contributed by atoms with van der Waals surface area (Å²) >= 11 is 0. The number of pyridine rings is 1. The second kappa shape index (κ2) is 6.14. The van der Waals surface area contributed by atoms with Crippen molar-refractivity contribution in [3.63, 3.8) is 0 Å². The van der Waals surface area contributed by atoms with Crippen molar-refractivity contribution >= 4 is 17.8 Å². The normalized spacial score (nSPS) is 17.6. The Bertz CT molecular complexity index is 544. The zero-order valence-electron chi connectivity index (χ0n) is 11.1. The van der Waals surface area contributed by atoms with Gasteiger partial charge in [-0.05, 0) is 31.0 Å². The number of aryl methyl sites for hydroxylation is 1. The first-order valence-electron chi connectivity index (χ1n) is 6.34. The van der Waals surface area contributed by atoms with E-state index in [0.717, 1.165) is 11.3 Å². The molecule has 0 saturated carbocycles. The Hall–Kier alpha value is -2.44. The molecule has 1 aromatic heterocycles. The van der Waals surface area contributed by atoms with Gasteiger partial charge in [-0.2, -0.15) is 0 Å². The van der Waals surface area contributed by atoms with Gasteiger partial charge in [0, 0.05) is 24.9 Å². The van der Waals surface area contributed by atoms with E-state index in [9.17, 15) is 14.4 Å². The molecule has 0 spiro atoms. The Balaban J connectivity index is 1.73. The van der Waals surface area contributed by atoms with Crippen LogP contribution in [-0.2, 0) is 16.1 Å². The van der Waals surface area contributed by atoms with Crippen molar-refractivity contribution in [2.75, 3.05) is 0 Å². The second-order valence-electron chi connectivity index (χ2n) is 4.64. The van der Waals surface area contributed by atoms with E-state index in [-0.39, 0.29) is 18.2 Å². The molecule has 20 heavy (non-hydrogen) atoms. The molecule has 0 bridgehead atoms. The van der Waals surface area contributed by atoms with E-state index in [0.29, 0.717) is 13.0 Å².